The van der Waals surface area contributed by atoms with Crippen LogP contribution < -0.4 is 16.4 Å². The second-order valence-corrected chi connectivity index (χ2v) is 4.06. The third-order valence-corrected chi connectivity index (χ3v) is 2.91. The minimum Gasteiger partial charge on any atom is -0.348 e. The zero-order valence-corrected chi connectivity index (χ0v) is 9.15. The predicted molar refractivity (Wildman–Crippen MR) is 62.7 cm³/mol. The van der Waals surface area contributed by atoms with Crippen LogP contribution in [0.2, 0.25) is 0 Å². The highest BCUT2D eigenvalue weighted by Crippen LogP contribution is 2.12. The molecular weight excluding hydrogens is 202 g/mol. The molecule has 0 aliphatic carbocycles. The van der Waals surface area contributed by atoms with Crippen molar-refractivity contribution in [1.82, 2.24) is 10.6 Å². The SMILES string of the molecule is NC[C@@H](NC(=O)C1CNC1)c1ccccc1. The Kier molecular flexibility index (Phi) is 3.54. The molecule has 16 heavy (non-hydrogen) atoms. The van der Waals surface area contributed by atoms with Crippen LogP contribution in [0.25, 0.3) is 0 Å². The van der Waals surface area contributed by atoms with E-state index in [0.717, 1.165) is 18.7 Å². The van der Waals surface area contributed by atoms with Crippen LogP contribution in [0.1, 0.15) is 11.6 Å². The number of hydrogen-bond acceptors (Lipinski definition) is 3. The third kappa shape index (κ3) is 2.40. The largest absolute Gasteiger partial charge is 0.348 e. The Morgan fingerprint density at radius 1 is 1.44 bits per heavy atom. The van der Waals surface area contributed by atoms with Crippen molar-refractivity contribution < 1.29 is 4.79 Å². The third-order valence-electron chi connectivity index (χ3n) is 2.91. The molecule has 4 heteroatoms. The maximum atomic E-state index is 11.8. The van der Waals surface area contributed by atoms with Gasteiger partial charge in [-0.05, 0) is 5.56 Å². The van der Waals surface area contributed by atoms with Gasteiger partial charge in [0.15, 0.2) is 0 Å². The first-order valence-corrected chi connectivity index (χ1v) is 5.57. The summed E-state index contributed by atoms with van der Waals surface area (Å²) < 4.78 is 0. The fourth-order valence-electron chi connectivity index (χ4n) is 1.73. The molecule has 1 aromatic rings. The summed E-state index contributed by atoms with van der Waals surface area (Å²) in [7, 11) is 0. The quantitative estimate of drug-likeness (QED) is 0.669. The van der Waals surface area contributed by atoms with Crippen LogP contribution >= 0.6 is 0 Å². The van der Waals surface area contributed by atoms with Crippen molar-refractivity contribution in [2.45, 2.75) is 6.04 Å². The predicted octanol–water partition coefficient (Wildman–Crippen LogP) is 0.0220. The van der Waals surface area contributed by atoms with E-state index in [0.29, 0.717) is 6.54 Å². The van der Waals surface area contributed by atoms with E-state index < -0.39 is 0 Å². The van der Waals surface area contributed by atoms with Crippen molar-refractivity contribution in [3.05, 3.63) is 35.9 Å². The van der Waals surface area contributed by atoms with Crippen molar-refractivity contribution in [3.8, 4) is 0 Å². The first kappa shape index (κ1) is 11.1. The average molecular weight is 219 g/mol. The maximum absolute atomic E-state index is 11.8. The molecule has 4 nitrogen and oxygen atoms in total. The van der Waals surface area contributed by atoms with Crippen LogP contribution in [-0.2, 0) is 4.79 Å². The van der Waals surface area contributed by atoms with Crippen LogP contribution in [0, 0.1) is 5.92 Å². The number of carbonyl (C=O) groups is 1. The van der Waals surface area contributed by atoms with Crippen LogP contribution in [0.4, 0.5) is 0 Å². The van der Waals surface area contributed by atoms with Crippen LogP contribution in [0.15, 0.2) is 30.3 Å². The molecule has 1 heterocycles. The van der Waals surface area contributed by atoms with Gasteiger partial charge in [-0.25, -0.2) is 0 Å². The summed E-state index contributed by atoms with van der Waals surface area (Å²) in [5, 5.41) is 6.06. The second kappa shape index (κ2) is 5.09. The van der Waals surface area contributed by atoms with E-state index in [1.807, 2.05) is 30.3 Å². The Bertz CT molecular complexity index is 349. The van der Waals surface area contributed by atoms with Crippen LogP contribution in [0.5, 0.6) is 0 Å². The molecule has 0 bridgehead atoms. The van der Waals surface area contributed by atoms with Gasteiger partial charge in [-0.1, -0.05) is 30.3 Å². The number of rotatable bonds is 4. The molecule has 1 aliphatic heterocycles. The number of nitrogens with one attached hydrogen (secondary N) is 2. The zero-order chi connectivity index (χ0) is 11.4. The van der Waals surface area contributed by atoms with Crippen LogP contribution in [-0.4, -0.2) is 25.5 Å². The smallest absolute Gasteiger partial charge is 0.226 e. The summed E-state index contributed by atoms with van der Waals surface area (Å²) in [6.07, 6.45) is 0. The van der Waals surface area contributed by atoms with Crippen molar-refractivity contribution >= 4 is 5.91 Å². The van der Waals surface area contributed by atoms with Gasteiger partial charge >= 0.3 is 0 Å². The van der Waals surface area contributed by atoms with Gasteiger partial charge in [-0.3, -0.25) is 4.79 Å². The standard InChI is InChI=1S/C12H17N3O/c13-6-11(9-4-2-1-3-5-9)15-12(16)10-7-14-8-10/h1-5,10-11,14H,6-8,13H2,(H,15,16)/t11-/m1/s1. The minimum absolute atomic E-state index is 0.0747. The Morgan fingerprint density at radius 2 is 2.12 bits per heavy atom. The Morgan fingerprint density at radius 3 is 2.62 bits per heavy atom. The highest BCUT2D eigenvalue weighted by molar-refractivity contribution is 5.80. The first-order chi connectivity index (χ1) is 7.81. The number of nitrogens with two attached hydrogens (primary N) is 1. The summed E-state index contributed by atoms with van der Waals surface area (Å²) in [6, 6.07) is 9.75. The van der Waals surface area contributed by atoms with Crippen molar-refractivity contribution in [3.63, 3.8) is 0 Å². The Labute approximate surface area is 95.2 Å². The van der Waals surface area contributed by atoms with E-state index in [9.17, 15) is 4.79 Å². The molecule has 0 unspecified atom stereocenters. The van der Waals surface area contributed by atoms with Gasteiger partial charge in [-0.15, -0.1) is 0 Å². The summed E-state index contributed by atoms with van der Waals surface area (Å²) in [5.74, 6) is 0.204. The number of carbonyl (C=O) groups excluding carboxylic acids is 1. The zero-order valence-electron chi connectivity index (χ0n) is 9.15. The molecule has 1 aromatic carbocycles. The molecule has 1 amide bonds. The molecule has 2 rings (SSSR count). The maximum Gasteiger partial charge on any atom is 0.226 e. The highest BCUT2D eigenvalue weighted by Gasteiger charge is 2.26. The molecule has 0 aromatic heterocycles. The first-order valence-electron chi connectivity index (χ1n) is 5.57. The van der Waals surface area contributed by atoms with E-state index in [4.69, 9.17) is 5.73 Å². The van der Waals surface area contributed by atoms with Crippen molar-refractivity contribution in [2.24, 2.45) is 11.7 Å². The topological polar surface area (TPSA) is 67.1 Å². The lowest BCUT2D eigenvalue weighted by Gasteiger charge is -2.28. The summed E-state index contributed by atoms with van der Waals surface area (Å²) >= 11 is 0. The summed E-state index contributed by atoms with van der Waals surface area (Å²) in [5.41, 5.74) is 6.74. The van der Waals surface area contributed by atoms with E-state index >= 15 is 0 Å². The van der Waals surface area contributed by atoms with Gasteiger partial charge in [0.1, 0.15) is 0 Å². The van der Waals surface area contributed by atoms with Crippen molar-refractivity contribution in [1.29, 1.82) is 0 Å². The average Bonchev–Trinajstić information content (AvgIpc) is 2.24. The fraction of sp³-hybridized carbons (Fsp3) is 0.417. The lowest BCUT2D eigenvalue weighted by molar-refractivity contribution is -0.127. The number of amides is 1. The lowest BCUT2D eigenvalue weighted by Crippen LogP contribution is -2.52. The molecule has 0 spiro atoms. The lowest BCUT2D eigenvalue weighted by atomic mass is 10.0. The normalized spacial score (nSPS) is 17.6. The Balaban J connectivity index is 1.97. The van der Waals surface area contributed by atoms with Gasteiger partial charge in [-0.2, -0.15) is 0 Å². The van der Waals surface area contributed by atoms with Gasteiger partial charge in [0.2, 0.25) is 5.91 Å². The molecular formula is C12H17N3O. The van der Waals surface area contributed by atoms with E-state index in [1.54, 1.807) is 0 Å². The monoisotopic (exact) mass is 219 g/mol. The molecule has 0 saturated carbocycles. The highest BCUT2D eigenvalue weighted by atomic mass is 16.2. The van der Waals surface area contributed by atoms with E-state index in [-0.39, 0.29) is 17.9 Å². The molecule has 1 fully saturated rings. The molecule has 4 N–H and O–H groups in total. The van der Waals surface area contributed by atoms with Gasteiger partial charge in [0.05, 0.1) is 12.0 Å². The second-order valence-electron chi connectivity index (χ2n) is 4.06. The molecule has 0 radical (unpaired) electrons. The molecule has 86 valence electrons. The molecule has 1 saturated heterocycles. The fourth-order valence-corrected chi connectivity index (χ4v) is 1.73. The van der Waals surface area contributed by atoms with Gasteiger partial charge < -0.3 is 16.4 Å². The van der Waals surface area contributed by atoms with Crippen LogP contribution in [0.3, 0.4) is 0 Å². The molecule has 1 aliphatic rings. The summed E-state index contributed by atoms with van der Waals surface area (Å²) in [6.45, 7) is 1.98. The molecule has 1 atom stereocenters. The van der Waals surface area contributed by atoms with Gasteiger partial charge in [0.25, 0.3) is 0 Å². The van der Waals surface area contributed by atoms with Gasteiger partial charge in [0, 0.05) is 19.6 Å². The van der Waals surface area contributed by atoms with E-state index in [2.05, 4.69) is 10.6 Å². The van der Waals surface area contributed by atoms with Crippen molar-refractivity contribution in [2.75, 3.05) is 19.6 Å². The van der Waals surface area contributed by atoms with E-state index in [1.165, 1.54) is 0 Å². The number of benzene rings is 1. The number of hydrogen-bond donors (Lipinski definition) is 3. The minimum atomic E-state index is -0.0747. The Hall–Kier alpha value is -1.39. The summed E-state index contributed by atoms with van der Waals surface area (Å²) in [4.78, 5) is 11.8.